The average Bonchev–Trinajstić information content (AvgIpc) is 2.24. The van der Waals surface area contributed by atoms with E-state index >= 15 is 0 Å². The average molecular weight is 213 g/mol. The van der Waals surface area contributed by atoms with E-state index < -0.39 is 0 Å². The Balaban J connectivity index is 1.90. The molecule has 1 aliphatic carbocycles. The maximum absolute atomic E-state index is 6.32. The Labute approximate surface area is 92.3 Å². The highest BCUT2D eigenvalue weighted by Gasteiger charge is 2.40. The van der Waals surface area contributed by atoms with E-state index in [9.17, 15) is 0 Å². The number of rotatable bonds is 4. The molecule has 2 rings (SSSR count). The molecule has 2 fully saturated rings. The maximum atomic E-state index is 6.32. The number of nitrogens with two attached hydrogens (primary N) is 1. The van der Waals surface area contributed by atoms with Crippen LogP contribution in [0.15, 0.2) is 0 Å². The van der Waals surface area contributed by atoms with Gasteiger partial charge in [-0.1, -0.05) is 19.3 Å². The lowest BCUT2D eigenvalue weighted by Crippen LogP contribution is -2.53. The van der Waals surface area contributed by atoms with Crippen LogP contribution in [-0.2, 0) is 9.47 Å². The van der Waals surface area contributed by atoms with E-state index in [4.69, 9.17) is 15.2 Å². The monoisotopic (exact) mass is 213 g/mol. The van der Waals surface area contributed by atoms with Gasteiger partial charge in [0.25, 0.3) is 0 Å². The Kier molecular flexibility index (Phi) is 3.65. The van der Waals surface area contributed by atoms with Crippen LogP contribution < -0.4 is 5.73 Å². The van der Waals surface area contributed by atoms with Gasteiger partial charge in [-0.2, -0.15) is 0 Å². The zero-order valence-electron chi connectivity index (χ0n) is 9.71. The second-order valence-corrected chi connectivity index (χ2v) is 5.02. The lowest BCUT2D eigenvalue weighted by Gasteiger charge is -2.42. The molecule has 2 N–H and O–H groups in total. The molecule has 0 bridgehead atoms. The van der Waals surface area contributed by atoms with Gasteiger partial charge >= 0.3 is 0 Å². The van der Waals surface area contributed by atoms with Crippen LogP contribution in [0.3, 0.4) is 0 Å². The summed E-state index contributed by atoms with van der Waals surface area (Å²) >= 11 is 0. The molecule has 3 nitrogen and oxygen atoms in total. The summed E-state index contributed by atoms with van der Waals surface area (Å²) in [6.07, 6.45) is 7.16. The highest BCUT2D eigenvalue weighted by molar-refractivity contribution is 4.94. The Morgan fingerprint density at radius 2 is 2.07 bits per heavy atom. The summed E-state index contributed by atoms with van der Waals surface area (Å²) in [6, 6.07) is 0.191. The van der Waals surface area contributed by atoms with Crippen LogP contribution in [0.5, 0.6) is 0 Å². The zero-order valence-corrected chi connectivity index (χ0v) is 9.71. The Bertz CT molecular complexity index is 198. The van der Waals surface area contributed by atoms with Gasteiger partial charge < -0.3 is 15.2 Å². The third kappa shape index (κ3) is 2.35. The maximum Gasteiger partial charge on any atom is 0.0872 e. The summed E-state index contributed by atoms with van der Waals surface area (Å²) in [4.78, 5) is 0. The largest absolute Gasteiger partial charge is 0.381 e. The van der Waals surface area contributed by atoms with Crippen LogP contribution in [0.25, 0.3) is 0 Å². The summed E-state index contributed by atoms with van der Waals surface area (Å²) in [7, 11) is 1.80. The number of hydrogen-bond donors (Lipinski definition) is 1. The van der Waals surface area contributed by atoms with Crippen molar-refractivity contribution in [2.75, 3.05) is 20.3 Å². The topological polar surface area (TPSA) is 44.5 Å². The van der Waals surface area contributed by atoms with E-state index in [1.165, 1.54) is 19.3 Å². The molecule has 0 spiro atoms. The van der Waals surface area contributed by atoms with Crippen molar-refractivity contribution in [3.05, 3.63) is 0 Å². The van der Waals surface area contributed by atoms with Gasteiger partial charge in [0, 0.05) is 39.2 Å². The lowest BCUT2D eigenvalue weighted by atomic mass is 9.75. The van der Waals surface area contributed by atoms with Crippen molar-refractivity contribution in [1.29, 1.82) is 0 Å². The third-order valence-corrected chi connectivity index (χ3v) is 4.23. The van der Waals surface area contributed by atoms with Gasteiger partial charge in [-0.3, -0.25) is 0 Å². The molecule has 0 aromatic carbocycles. The normalized spacial score (nSPS) is 28.4. The standard InChI is InChI=1S/C12H23NO2/c1-14-12(5-7-15-8-6-12)11(13)9-10-3-2-4-10/h10-11H,2-9,13H2,1H3. The number of ether oxygens (including phenoxy) is 2. The van der Waals surface area contributed by atoms with Gasteiger partial charge in [-0.05, 0) is 12.3 Å². The van der Waals surface area contributed by atoms with Crippen molar-refractivity contribution in [2.24, 2.45) is 11.7 Å². The van der Waals surface area contributed by atoms with E-state index in [0.717, 1.165) is 38.4 Å². The summed E-state index contributed by atoms with van der Waals surface area (Å²) in [6.45, 7) is 1.60. The first-order valence-corrected chi connectivity index (χ1v) is 6.15. The molecule has 1 aliphatic heterocycles. The summed E-state index contributed by atoms with van der Waals surface area (Å²) < 4.78 is 11.1. The van der Waals surface area contributed by atoms with Gasteiger partial charge in [0.2, 0.25) is 0 Å². The molecule has 0 radical (unpaired) electrons. The van der Waals surface area contributed by atoms with Crippen molar-refractivity contribution in [2.45, 2.75) is 50.2 Å². The van der Waals surface area contributed by atoms with Crippen LogP contribution in [-0.4, -0.2) is 32.0 Å². The molecule has 3 heteroatoms. The number of methoxy groups -OCH3 is 1. The van der Waals surface area contributed by atoms with Crippen molar-refractivity contribution < 1.29 is 9.47 Å². The van der Waals surface area contributed by atoms with Crippen LogP contribution in [0.4, 0.5) is 0 Å². The minimum Gasteiger partial charge on any atom is -0.381 e. The SMILES string of the molecule is COC1(C(N)CC2CCC2)CCOCC1. The molecule has 88 valence electrons. The van der Waals surface area contributed by atoms with Gasteiger partial charge in [0.15, 0.2) is 0 Å². The molecule has 2 aliphatic rings. The fourth-order valence-electron chi connectivity index (χ4n) is 2.75. The summed E-state index contributed by atoms with van der Waals surface area (Å²) in [5, 5.41) is 0. The van der Waals surface area contributed by atoms with Crippen LogP contribution >= 0.6 is 0 Å². The van der Waals surface area contributed by atoms with Crippen molar-refractivity contribution in [3.8, 4) is 0 Å². The molecule has 1 atom stereocenters. The highest BCUT2D eigenvalue weighted by Crippen LogP contribution is 2.36. The minimum atomic E-state index is -0.103. The van der Waals surface area contributed by atoms with Crippen molar-refractivity contribution in [3.63, 3.8) is 0 Å². The van der Waals surface area contributed by atoms with E-state index in [1.54, 1.807) is 7.11 Å². The summed E-state index contributed by atoms with van der Waals surface area (Å²) in [5.41, 5.74) is 6.22. The van der Waals surface area contributed by atoms with E-state index in [0.29, 0.717) is 0 Å². The van der Waals surface area contributed by atoms with E-state index in [2.05, 4.69) is 0 Å². The van der Waals surface area contributed by atoms with E-state index in [-0.39, 0.29) is 11.6 Å². The second-order valence-electron chi connectivity index (χ2n) is 5.02. The molecule has 1 saturated carbocycles. The first kappa shape index (κ1) is 11.4. The smallest absolute Gasteiger partial charge is 0.0872 e. The van der Waals surface area contributed by atoms with Crippen molar-refractivity contribution in [1.82, 2.24) is 0 Å². The highest BCUT2D eigenvalue weighted by atomic mass is 16.5. The third-order valence-electron chi connectivity index (χ3n) is 4.23. The molecular weight excluding hydrogens is 190 g/mol. The molecule has 1 unspecified atom stereocenters. The first-order valence-electron chi connectivity index (χ1n) is 6.15. The molecular formula is C12H23NO2. The molecule has 1 saturated heterocycles. The molecule has 15 heavy (non-hydrogen) atoms. The molecule has 1 heterocycles. The van der Waals surface area contributed by atoms with Gasteiger partial charge in [-0.15, -0.1) is 0 Å². The van der Waals surface area contributed by atoms with Gasteiger partial charge in [0.05, 0.1) is 5.60 Å². The fraction of sp³-hybridized carbons (Fsp3) is 1.00. The Morgan fingerprint density at radius 3 is 2.53 bits per heavy atom. The minimum absolute atomic E-state index is 0.103. The van der Waals surface area contributed by atoms with Crippen LogP contribution in [0.2, 0.25) is 0 Å². The Morgan fingerprint density at radius 1 is 1.40 bits per heavy atom. The fourth-order valence-corrected chi connectivity index (χ4v) is 2.75. The van der Waals surface area contributed by atoms with Crippen LogP contribution in [0.1, 0.15) is 38.5 Å². The zero-order chi connectivity index (χ0) is 10.7. The Hall–Kier alpha value is -0.120. The van der Waals surface area contributed by atoms with Gasteiger partial charge in [-0.25, -0.2) is 0 Å². The predicted molar refractivity (Wildman–Crippen MR) is 59.7 cm³/mol. The molecule has 0 aromatic rings. The molecule has 0 amide bonds. The quantitative estimate of drug-likeness (QED) is 0.773. The summed E-state index contributed by atoms with van der Waals surface area (Å²) in [5.74, 6) is 0.856. The number of hydrogen-bond acceptors (Lipinski definition) is 3. The first-order chi connectivity index (χ1) is 7.27. The lowest BCUT2D eigenvalue weighted by molar-refractivity contribution is -0.108. The van der Waals surface area contributed by atoms with Crippen molar-refractivity contribution >= 4 is 0 Å². The van der Waals surface area contributed by atoms with E-state index in [1.807, 2.05) is 0 Å². The second kappa shape index (κ2) is 4.81. The molecule has 0 aromatic heterocycles. The predicted octanol–water partition coefficient (Wildman–Crippen LogP) is 1.70. The van der Waals surface area contributed by atoms with Crippen LogP contribution in [0, 0.1) is 5.92 Å². The van der Waals surface area contributed by atoms with Gasteiger partial charge in [0.1, 0.15) is 0 Å².